The Balaban J connectivity index is 1.71. The van der Waals surface area contributed by atoms with Crippen LogP contribution in [0, 0.1) is 0 Å². The average Bonchev–Trinajstić information content (AvgIpc) is 3.37. The van der Waals surface area contributed by atoms with E-state index < -0.39 is 5.79 Å². The van der Waals surface area contributed by atoms with Crippen LogP contribution in [0.1, 0.15) is 63.8 Å². The Bertz CT molecular complexity index is 1130. The van der Waals surface area contributed by atoms with E-state index in [1.165, 1.54) is 0 Å². The quantitative estimate of drug-likeness (QED) is 0.565. The lowest BCUT2D eigenvalue weighted by Crippen LogP contribution is -2.32. The number of nitrogens with one attached hydrogen (secondary N) is 1. The summed E-state index contributed by atoms with van der Waals surface area (Å²) in [6.45, 7) is 7.41. The van der Waals surface area contributed by atoms with Crippen LogP contribution in [-0.2, 0) is 6.54 Å². The lowest BCUT2D eigenvalue weighted by molar-refractivity contribution is -0.131. The van der Waals surface area contributed by atoms with Crippen LogP contribution in [0.25, 0.3) is 11.2 Å². The second-order valence-electron chi connectivity index (χ2n) is 8.39. The maximum absolute atomic E-state index is 10.7. The smallest absolute Gasteiger partial charge is 0.208 e. The summed E-state index contributed by atoms with van der Waals surface area (Å²) in [5.74, 6) is 1.22. The van der Waals surface area contributed by atoms with Gasteiger partial charge < -0.3 is 24.1 Å². The van der Waals surface area contributed by atoms with Crippen LogP contribution in [0.3, 0.4) is 0 Å². The SMILES string of the molecule is CCN=c1ncn(Cc2ccc(OC)c(OC3(O)CCCC3)c2)c2nc(C(C)C)[nH]c12. The molecule has 31 heavy (non-hydrogen) atoms. The number of nitrogens with zero attached hydrogens (tertiary/aromatic N) is 4. The third-order valence-electron chi connectivity index (χ3n) is 5.64. The fourth-order valence-electron chi connectivity index (χ4n) is 3.98. The molecule has 0 amide bonds. The highest BCUT2D eigenvalue weighted by molar-refractivity contribution is 5.69. The molecule has 0 unspecified atom stereocenters. The number of imidazole rings is 1. The van der Waals surface area contributed by atoms with Crippen molar-refractivity contribution in [1.82, 2.24) is 19.5 Å². The summed E-state index contributed by atoms with van der Waals surface area (Å²) in [6, 6.07) is 5.79. The van der Waals surface area contributed by atoms with Crippen molar-refractivity contribution >= 4 is 11.2 Å². The molecule has 8 nitrogen and oxygen atoms in total. The molecule has 1 aliphatic rings. The highest BCUT2D eigenvalue weighted by Crippen LogP contribution is 2.37. The van der Waals surface area contributed by atoms with Gasteiger partial charge in [0.2, 0.25) is 5.79 Å². The number of ether oxygens (including phenoxy) is 2. The number of aromatic amines is 1. The first kappa shape index (κ1) is 21.4. The molecule has 1 aromatic carbocycles. The van der Waals surface area contributed by atoms with Crippen molar-refractivity contribution in [3.63, 3.8) is 0 Å². The maximum Gasteiger partial charge on any atom is 0.208 e. The van der Waals surface area contributed by atoms with E-state index in [0.717, 1.165) is 35.4 Å². The van der Waals surface area contributed by atoms with E-state index in [2.05, 4.69) is 28.8 Å². The first-order valence-corrected chi connectivity index (χ1v) is 11.0. The minimum absolute atomic E-state index is 0.267. The van der Waals surface area contributed by atoms with E-state index in [-0.39, 0.29) is 5.92 Å². The predicted octanol–water partition coefficient (Wildman–Crippen LogP) is 3.50. The van der Waals surface area contributed by atoms with Gasteiger partial charge in [0.1, 0.15) is 11.3 Å². The summed E-state index contributed by atoms with van der Waals surface area (Å²) < 4.78 is 13.5. The van der Waals surface area contributed by atoms with Gasteiger partial charge in [-0.3, -0.25) is 4.99 Å². The first-order chi connectivity index (χ1) is 14.9. The third kappa shape index (κ3) is 4.44. The van der Waals surface area contributed by atoms with Crippen molar-refractivity contribution < 1.29 is 14.6 Å². The summed E-state index contributed by atoms with van der Waals surface area (Å²) in [5, 5.41) is 10.7. The fraction of sp³-hybridized carbons (Fsp3) is 0.522. The largest absolute Gasteiger partial charge is 0.493 e. The molecule has 0 atom stereocenters. The van der Waals surface area contributed by atoms with E-state index >= 15 is 0 Å². The standard InChI is InChI=1S/C23H31N5O3/c1-5-24-21-19-22(27-20(26-19)15(2)3)28(14-25-21)13-16-8-9-17(30-4)18(12-16)31-23(29)10-6-7-11-23/h8-9,12,14-15,29H,5-7,10-11,13H2,1-4H3,(H,26,27). The van der Waals surface area contributed by atoms with Crippen molar-refractivity contribution in [3.8, 4) is 11.5 Å². The summed E-state index contributed by atoms with van der Waals surface area (Å²) in [6.07, 6.45) is 4.96. The van der Waals surface area contributed by atoms with Gasteiger partial charge >= 0.3 is 0 Å². The van der Waals surface area contributed by atoms with Crippen molar-refractivity contribution in [2.75, 3.05) is 13.7 Å². The molecular formula is C23H31N5O3. The van der Waals surface area contributed by atoms with Gasteiger partial charge in [0, 0.05) is 25.3 Å². The molecule has 1 saturated carbocycles. The van der Waals surface area contributed by atoms with Gasteiger partial charge in [-0.1, -0.05) is 19.9 Å². The second kappa shape index (κ2) is 8.70. The van der Waals surface area contributed by atoms with Crippen LogP contribution in [0.15, 0.2) is 29.5 Å². The average molecular weight is 426 g/mol. The van der Waals surface area contributed by atoms with Crippen LogP contribution >= 0.6 is 0 Å². The Hall–Kier alpha value is -2.87. The molecule has 0 spiro atoms. The Morgan fingerprint density at radius 3 is 2.71 bits per heavy atom. The molecule has 0 bridgehead atoms. The van der Waals surface area contributed by atoms with E-state index in [0.29, 0.717) is 42.9 Å². The second-order valence-corrected chi connectivity index (χ2v) is 8.39. The van der Waals surface area contributed by atoms with Crippen LogP contribution < -0.4 is 15.0 Å². The molecule has 3 aromatic rings. The van der Waals surface area contributed by atoms with Crippen molar-refractivity contribution in [2.45, 2.75) is 64.7 Å². The molecule has 4 rings (SSSR count). The lowest BCUT2D eigenvalue weighted by Gasteiger charge is -2.25. The number of aromatic nitrogens is 4. The summed E-state index contributed by atoms with van der Waals surface area (Å²) in [5.41, 5.74) is 3.34. The Labute approximate surface area is 182 Å². The molecule has 0 saturated heterocycles. The van der Waals surface area contributed by atoms with Gasteiger partial charge in [0.05, 0.1) is 20.0 Å². The minimum atomic E-state index is -1.12. The van der Waals surface area contributed by atoms with Crippen molar-refractivity contribution in [2.24, 2.45) is 4.99 Å². The molecule has 0 radical (unpaired) electrons. The number of rotatable bonds is 7. The van der Waals surface area contributed by atoms with Crippen LogP contribution in [-0.4, -0.2) is 44.1 Å². The molecular weight excluding hydrogens is 394 g/mol. The Morgan fingerprint density at radius 1 is 1.26 bits per heavy atom. The molecule has 0 aliphatic heterocycles. The summed E-state index contributed by atoms with van der Waals surface area (Å²) >= 11 is 0. The van der Waals surface area contributed by atoms with Crippen molar-refractivity contribution in [1.29, 1.82) is 0 Å². The molecule has 2 aromatic heterocycles. The van der Waals surface area contributed by atoms with Gasteiger partial charge in [-0.2, -0.15) is 0 Å². The van der Waals surface area contributed by atoms with Crippen LogP contribution in [0.4, 0.5) is 0 Å². The molecule has 1 fully saturated rings. The van der Waals surface area contributed by atoms with E-state index in [1.54, 1.807) is 13.4 Å². The number of H-pyrrole nitrogens is 1. The van der Waals surface area contributed by atoms with Gasteiger partial charge in [-0.15, -0.1) is 0 Å². The zero-order valence-electron chi connectivity index (χ0n) is 18.7. The molecule has 166 valence electrons. The fourth-order valence-corrected chi connectivity index (χ4v) is 3.98. The predicted molar refractivity (Wildman–Crippen MR) is 118 cm³/mol. The first-order valence-electron chi connectivity index (χ1n) is 11.0. The lowest BCUT2D eigenvalue weighted by atomic mass is 10.2. The Morgan fingerprint density at radius 2 is 2.03 bits per heavy atom. The monoisotopic (exact) mass is 425 g/mol. The maximum atomic E-state index is 10.7. The van der Waals surface area contributed by atoms with Gasteiger partial charge in [0.15, 0.2) is 22.6 Å². The topological polar surface area (TPSA) is 97.6 Å². The highest BCUT2D eigenvalue weighted by atomic mass is 16.6. The zero-order chi connectivity index (χ0) is 22.0. The molecule has 8 heteroatoms. The molecule has 1 aliphatic carbocycles. The number of benzene rings is 1. The number of hydrogen-bond donors (Lipinski definition) is 2. The van der Waals surface area contributed by atoms with Gasteiger partial charge in [-0.05, 0) is 37.5 Å². The third-order valence-corrected chi connectivity index (χ3v) is 5.64. The number of methoxy groups -OCH3 is 1. The normalized spacial score (nSPS) is 16.4. The number of aliphatic hydroxyl groups is 1. The summed E-state index contributed by atoms with van der Waals surface area (Å²) in [4.78, 5) is 17.2. The van der Waals surface area contributed by atoms with Gasteiger partial charge in [-0.25, -0.2) is 9.97 Å². The number of fused-ring (bicyclic) bond motifs is 1. The van der Waals surface area contributed by atoms with Crippen LogP contribution in [0.2, 0.25) is 0 Å². The summed E-state index contributed by atoms with van der Waals surface area (Å²) in [7, 11) is 1.61. The molecule has 2 heterocycles. The van der Waals surface area contributed by atoms with Gasteiger partial charge in [0.25, 0.3) is 0 Å². The Kier molecular flexibility index (Phi) is 6.00. The zero-order valence-corrected chi connectivity index (χ0v) is 18.7. The van der Waals surface area contributed by atoms with E-state index in [1.807, 2.05) is 29.7 Å². The van der Waals surface area contributed by atoms with E-state index in [4.69, 9.17) is 14.5 Å². The van der Waals surface area contributed by atoms with Crippen molar-refractivity contribution in [3.05, 3.63) is 41.4 Å². The van der Waals surface area contributed by atoms with Crippen LogP contribution in [0.5, 0.6) is 11.5 Å². The highest BCUT2D eigenvalue weighted by Gasteiger charge is 2.34. The molecule has 2 N–H and O–H groups in total. The minimum Gasteiger partial charge on any atom is -0.493 e. The number of hydrogen-bond acceptors (Lipinski definition) is 6. The van der Waals surface area contributed by atoms with E-state index in [9.17, 15) is 5.11 Å².